The summed E-state index contributed by atoms with van der Waals surface area (Å²) in [6.45, 7) is -2.64. The number of fused-ring (bicyclic) bond motifs is 1. The van der Waals surface area contributed by atoms with Crippen LogP contribution >= 0.6 is 0 Å². The Bertz CT molecular complexity index is 826. The predicted octanol–water partition coefficient (Wildman–Crippen LogP) is 4.19. The van der Waals surface area contributed by atoms with Gasteiger partial charge in [0.1, 0.15) is 19.8 Å². The van der Waals surface area contributed by atoms with Gasteiger partial charge in [-0.2, -0.15) is 31.4 Å². The summed E-state index contributed by atoms with van der Waals surface area (Å²) in [7, 11) is 1.80. The lowest BCUT2D eigenvalue weighted by molar-refractivity contribution is -0.198. The van der Waals surface area contributed by atoms with E-state index in [0.717, 1.165) is 0 Å². The summed E-state index contributed by atoms with van der Waals surface area (Å²) in [4.78, 5) is 0. The number of alkyl halides is 8. The molecule has 3 rings (SSSR count). The number of rotatable bonds is 12. The number of hydrogen-bond donors (Lipinski definition) is 2. The fourth-order valence-corrected chi connectivity index (χ4v) is 5.04. The zero-order valence-corrected chi connectivity index (χ0v) is 20.0. The Balaban J connectivity index is 1.73. The first-order chi connectivity index (χ1) is 16.7. The molecule has 0 unspecified atom stereocenters. The summed E-state index contributed by atoms with van der Waals surface area (Å²) < 4.78 is 115. The van der Waals surface area contributed by atoms with E-state index in [2.05, 4.69) is 15.7 Å². The van der Waals surface area contributed by atoms with Crippen LogP contribution in [0.5, 0.6) is 0 Å². The van der Waals surface area contributed by atoms with Crippen molar-refractivity contribution in [3.63, 3.8) is 0 Å². The maximum absolute atomic E-state index is 14.1. The lowest BCUT2D eigenvalue weighted by Gasteiger charge is -2.40. The van der Waals surface area contributed by atoms with Crippen molar-refractivity contribution in [2.24, 2.45) is 5.41 Å². The highest BCUT2D eigenvalue weighted by molar-refractivity contribution is 5.34. The van der Waals surface area contributed by atoms with Crippen LogP contribution in [0.1, 0.15) is 48.6 Å². The van der Waals surface area contributed by atoms with Crippen LogP contribution in [0.2, 0.25) is 0 Å². The summed E-state index contributed by atoms with van der Waals surface area (Å²) in [5.41, 5.74) is 0.781. The second-order valence-corrected chi connectivity index (χ2v) is 9.77. The molecule has 14 heteroatoms. The molecule has 2 N–H and O–H groups in total. The number of likely N-dealkylation sites (N-methyl/N-ethyl adjacent to an activating group) is 1. The third-order valence-corrected chi connectivity index (χ3v) is 6.63. The topological polar surface area (TPSA) is 60.3 Å². The molecular formula is C22H32F8N4O2. The van der Waals surface area contributed by atoms with E-state index in [9.17, 15) is 35.1 Å². The Hall–Kier alpha value is -1.51. The van der Waals surface area contributed by atoms with E-state index in [-0.39, 0.29) is 18.8 Å². The van der Waals surface area contributed by atoms with Crippen LogP contribution in [0.3, 0.4) is 0 Å². The molecule has 1 saturated carbocycles. The predicted molar refractivity (Wildman–Crippen MR) is 114 cm³/mol. The molecule has 0 radical (unpaired) electrons. The molecule has 0 bridgehead atoms. The number of ether oxygens (including phenoxy) is 2. The largest absolute Gasteiger partial charge is 0.411 e. The summed E-state index contributed by atoms with van der Waals surface area (Å²) in [5, 5.41) is 10.6. The maximum Gasteiger partial charge on any atom is 0.411 e. The minimum absolute atomic E-state index is 0.192. The van der Waals surface area contributed by atoms with Gasteiger partial charge in [0, 0.05) is 36.3 Å². The molecule has 0 saturated heterocycles. The average Bonchev–Trinajstić information content (AvgIpc) is 3.21. The standard InChI is InChI=1S/C22H32F8N4O2/c1-31-6-7-32-9-16-18(17-8-20(23,24)10-34(17)33-16)15-2-4-19(5-3-15,11-35-13-21(25,26)27)12-36-14-22(28,29)30/h15,31-32H,2-14H2,1H3. The molecule has 0 amide bonds. The summed E-state index contributed by atoms with van der Waals surface area (Å²) in [6, 6.07) is 0. The van der Waals surface area contributed by atoms with Crippen molar-refractivity contribution in [3.05, 3.63) is 17.0 Å². The minimum atomic E-state index is -4.57. The molecule has 1 aliphatic carbocycles. The maximum atomic E-state index is 14.1. The zero-order chi connectivity index (χ0) is 26.6. The molecule has 36 heavy (non-hydrogen) atoms. The van der Waals surface area contributed by atoms with Crippen LogP contribution in [-0.2, 0) is 29.0 Å². The van der Waals surface area contributed by atoms with Crippen molar-refractivity contribution in [2.75, 3.05) is 46.6 Å². The summed E-state index contributed by atoms with van der Waals surface area (Å²) >= 11 is 0. The quantitative estimate of drug-likeness (QED) is 0.310. The number of nitrogens with one attached hydrogen (secondary N) is 2. The van der Waals surface area contributed by atoms with Crippen molar-refractivity contribution in [3.8, 4) is 0 Å². The smallest absolute Gasteiger partial charge is 0.371 e. The molecule has 0 atom stereocenters. The van der Waals surface area contributed by atoms with Gasteiger partial charge in [-0.05, 0) is 38.6 Å². The Kier molecular flexibility index (Phi) is 9.27. The highest BCUT2D eigenvalue weighted by atomic mass is 19.4. The van der Waals surface area contributed by atoms with Crippen LogP contribution in [0, 0.1) is 5.41 Å². The van der Waals surface area contributed by atoms with Crippen molar-refractivity contribution >= 4 is 0 Å². The van der Waals surface area contributed by atoms with E-state index in [1.807, 2.05) is 0 Å². The number of nitrogens with zero attached hydrogens (tertiary/aromatic N) is 2. The van der Waals surface area contributed by atoms with Gasteiger partial charge in [-0.25, -0.2) is 8.78 Å². The number of aromatic nitrogens is 2. The number of halogens is 8. The Morgan fingerprint density at radius 3 is 2.08 bits per heavy atom. The highest BCUT2D eigenvalue weighted by Gasteiger charge is 2.45. The molecule has 0 spiro atoms. The van der Waals surface area contributed by atoms with Crippen LogP contribution in [0.25, 0.3) is 0 Å². The molecular weight excluding hydrogens is 504 g/mol. The van der Waals surface area contributed by atoms with E-state index in [4.69, 9.17) is 9.47 Å². The molecule has 208 valence electrons. The Morgan fingerprint density at radius 1 is 0.972 bits per heavy atom. The lowest BCUT2D eigenvalue weighted by atomic mass is 9.69. The molecule has 1 aromatic heterocycles. The van der Waals surface area contributed by atoms with Gasteiger partial charge < -0.3 is 20.1 Å². The molecule has 6 nitrogen and oxygen atoms in total. The molecule has 1 aliphatic heterocycles. The SMILES string of the molecule is CNCCNCc1nn2c(c1C1CCC(COCC(F)(F)F)(COCC(F)(F)F)CC1)CC(F)(F)C2. The zero-order valence-electron chi connectivity index (χ0n) is 20.0. The van der Waals surface area contributed by atoms with Crippen molar-refractivity contribution in [1.29, 1.82) is 0 Å². The first kappa shape index (κ1) is 29.1. The lowest BCUT2D eigenvalue weighted by Crippen LogP contribution is -2.38. The number of hydrogen-bond acceptors (Lipinski definition) is 5. The van der Waals surface area contributed by atoms with Gasteiger partial charge in [0.05, 0.1) is 25.3 Å². The van der Waals surface area contributed by atoms with E-state index >= 15 is 0 Å². The molecule has 1 fully saturated rings. The van der Waals surface area contributed by atoms with Gasteiger partial charge in [0.25, 0.3) is 5.92 Å². The van der Waals surface area contributed by atoms with Crippen LogP contribution < -0.4 is 10.6 Å². The third kappa shape index (κ3) is 8.25. The summed E-state index contributed by atoms with van der Waals surface area (Å²) in [5.74, 6) is -3.10. The van der Waals surface area contributed by atoms with Gasteiger partial charge in [-0.15, -0.1) is 0 Å². The normalized spacial score (nSPS) is 20.1. The van der Waals surface area contributed by atoms with Gasteiger partial charge in [-0.1, -0.05) is 0 Å². The Labute approximate surface area is 204 Å². The van der Waals surface area contributed by atoms with Crippen LogP contribution in [-0.4, -0.2) is 74.6 Å². The molecule has 1 aromatic rings. The van der Waals surface area contributed by atoms with E-state index in [0.29, 0.717) is 49.4 Å². The highest BCUT2D eigenvalue weighted by Crippen LogP contribution is 2.47. The van der Waals surface area contributed by atoms with Gasteiger partial charge in [0.2, 0.25) is 0 Å². The van der Waals surface area contributed by atoms with Gasteiger partial charge >= 0.3 is 12.4 Å². The van der Waals surface area contributed by atoms with E-state index in [1.165, 1.54) is 4.68 Å². The molecule has 2 heterocycles. The Morgan fingerprint density at radius 2 is 1.56 bits per heavy atom. The second kappa shape index (κ2) is 11.5. The van der Waals surface area contributed by atoms with Crippen molar-refractivity contribution < 1.29 is 44.6 Å². The monoisotopic (exact) mass is 536 g/mol. The average molecular weight is 537 g/mol. The van der Waals surface area contributed by atoms with Crippen LogP contribution in [0.15, 0.2) is 0 Å². The first-order valence-corrected chi connectivity index (χ1v) is 11.8. The molecule has 2 aliphatic rings. The van der Waals surface area contributed by atoms with Crippen LogP contribution in [0.4, 0.5) is 35.1 Å². The third-order valence-electron chi connectivity index (χ3n) is 6.63. The summed E-state index contributed by atoms with van der Waals surface area (Å²) in [6.07, 6.45) is -8.33. The molecule has 0 aromatic carbocycles. The fourth-order valence-electron chi connectivity index (χ4n) is 5.04. The van der Waals surface area contributed by atoms with E-state index in [1.54, 1.807) is 7.05 Å². The van der Waals surface area contributed by atoms with Gasteiger partial charge in [0.15, 0.2) is 0 Å². The fraction of sp³-hybridized carbons (Fsp3) is 0.864. The second-order valence-electron chi connectivity index (χ2n) is 9.77. The minimum Gasteiger partial charge on any atom is -0.371 e. The van der Waals surface area contributed by atoms with Gasteiger partial charge in [-0.3, -0.25) is 4.68 Å². The first-order valence-electron chi connectivity index (χ1n) is 11.8. The van der Waals surface area contributed by atoms with E-state index < -0.39 is 63.1 Å². The van der Waals surface area contributed by atoms with Crippen molar-refractivity contribution in [1.82, 2.24) is 20.4 Å². The van der Waals surface area contributed by atoms with Crippen molar-refractivity contribution in [2.45, 2.75) is 69.4 Å².